The Hall–Kier alpha value is -0.350. The second-order valence-corrected chi connectivity index (χ2v) is 7.04. The molecular formula is C11H16BrNOS. The average Bonchev–Trinajstić information content (AvgIpc) is 2.65. The zero-order valence-electron chi connectivity index (χ0n) is 9.45. The Morgan fingerprint density at radius 3 is 2.60 bits per heavy atom. The quantitative estimate of drug-likeness (QED) is 0.781. The first-order chi connectivity index (χ1) is 6.84. The highest BCUT2D eigenvalue weighted by molar-refractivity contribution is 9.10. The highest BCUT2D eigenvalue weighted by Crippen LogP contribution is 2.27. The molecule has 0 bridgehead atoms. The summed E-state index contributed by atoms with van der Waals surface area (Å²) in [5, 5.41) is 2.03. The number of rotatable bonds is 3. The van der Waals surface area contributed by atoms with Gasteiger partial charge in [-0.25, -0.2) is 0 Å². The Balaban J connectivity index is 2.78. The van der Waals surface area contributed by atoms with E-state index in [9.17, 15) is 4.79 Å². The SMILES string of the molecule is CC(c1cccs1)N(C)C(=O)C(C)(C)Br. The molecular weight excluding hydrogens is 274 g/mol. The molecule has 0 spiro atoms. The van der Waals surface area contributed by atoms with E-state index in [4.69, 9.17) is 0 Å². The first kappa shape index (κ1) is 12.7. The molecule has 0 aliphatic rings. The van der Waals surface area contributed by atoms with Gasteiger partial charge in [-0.3, -0.25) is 4.79 Å². The van der Waals surface area contributed by atoms with Crippen molar-refractivity contribution < 1.29 is 4.79 Å². The van der Waals surface area contributed by atoms with Crippen molar-refractivity contribution in [3.63, 3.8) is 0 Å². The number of hydrogen-bond donors (Lipinski definition) is 0. The molecule has 0 N–H and O–H groups in total. The molecule has 0 saturated heterocycles. The van der Waals surface area contributed by atoms with E-state index < -0.39 is 4.32 Å². The van der Waals surface area contributed by atoms with Crippen LogP contribution in [-0.2, 0) is 4.79 Å². The molecule has 84 valence electrons. The smallest absolute Gasteiger partial charge is 0.239 e. The molecule has 0 fully saturated rings. The number of thiophene rings is 1. The van der Waals surface area contributed by atoms with E-state index in [0.717, 1.165) is 0 Å². The first-order valence-electron chi connectivity index (χ1n) is 4.83. The minimum absolute atomic E-state index is 0.100. The Kier molecular flexibility index (Phi) is 3.95. The fourth-order valence-corrected chi connectivity index (χ4v) is 2.42. The summed E-state index contributed by atoms with van der Waals surface area (Å²) in [7, 11) is 1.84. The van der Waals surface area contributed by atoms with Crippen LogP contribution in [0.25, 0.3) is 0 Å². The van der Waals surface area contributed by atoms with Crippen molar-refractivity contribution >= 4 is 33.2 Å². The van der Waals surface area contributed by atoms with Crippen molar-refractivity contribution in [2.24, 2.45) is 0 Å². The maximum Gasteiger partial charge on any atom is 0.239 e. The van der Waals surface area contributed by atoms with Gasteiger partial charge in [-0.05, 0) is 32.2 Å². The lowest BCUT2D eigenvalue weighted by molar-refractivity contribution is -0.133. The minimum atomic E-state index is -0.493. The monoisotopic (exact) mass is 289 g/mol. The van der Waals surface area contributed by atoms with Gasteiger partial charge >= 0.3 is 0 Å². The molecule has 1 aromatic heterocycles. The second kappa shape index (κ2) is 4.66. The van der Waals surface area contributed by atoms with Crippen LogP contribution < -0.4 is 0 Å². The van der Waals surface area contributed by atoms with Crippen LogP contribution in [0.4, 0.5) is 0 Å². The maximum absolute atomic E-state index is 12.0. The number of carbonyl (C=O) groups excluding carboxylic acids is 1. The summed E-state index contributed by atoms with van der Waals surface area (Å²) in [5.74, 6) is 0.100. The molecule has 4 heteroatoms. The maximum atomic E-state index is 12.0. The van der Waals surface area contributed by atoms with Crippen molar-refractivity contribution in [2.75, 3.05) is 7.05 Å². The third kappa shape index (κ3) is 3.05. The van der Waals surface area contributed by atoms with Crippen LogP contribution in [0.15, 0.2) is 17.5 Å². The van der Waals surface area contributed by atoms with Crippen LogP contribution in [0, 0.1) is 0 Å². The Morgan fingerprint density at radius 1 is 1.60 bits per heavy atom. The molecule has 1 unspecified atom stereocenters. The van der Waals surface area contributed by atoms with Crippen molar-refractivity contribution in [2.45, 2.75) is 31.1 Å². The van der Waals surface area contributed by atoms with E-state index in [2.05, 4.69) is 22.0 Å². The highest BCUT2D eigenvalue weighted by Gasteiger charge is 2.30. The fourth-order valence-electron chi connectivity index (χ4n) is 1.32. The molecule has 0 aliphatic heterocycles. The summed E-state index contributed by atoms with van der Waals surface area (Å²) in [6, 6.07) is 4.20. The number of hydrogen-bond acceptors (Lipinski definition) is 2. The number of amides is 1. The molecule has 1 rings (SSSR count). The van der Waals surface area contributed by atoms with E-state index in [1.807, 2.05) is 39.3 Å². The Labute approximate surface area is 103 Å². The van der Waals surface area contributed by atoms with Crippen LogP contribution in [0.1, 0.15) is 31.7 Å². The molecule has 1 aromatic rings. The summed E-state index contributed by atoms with van der Waals surface area (Å²) < 4.78 is -0.493. The van der Waals surface area contributed by atoms with Gasteiger partial charge in [-0.2, -0.15) is 0 Å². The van der Waals surface area contributed by atoms with E-state index in [-0.39, 0.29) is 11.9 Å². The van der Waals surface area contributed by atoms with Gasteiger partial charge in [0.15, 0.2) is 0 Å². The Morgan fingerprint density at radius 2 is 2.20 bits per heavy atom. The zero-order chi connectivity index (χ0) is 11.6. The molecule has 0 aliphatic carbocycles. The van der Waals surface area contributed by atoms with Gasteiger partial charge in [0.05, 0.1) is 10.4 Å². The lowest BCUT2D eigenvalue weighted by Gasteiger charge is -2.29. The molecule has 15 heavy (non-hydrogen) atoms. The third-order valence-corrected chi connectivity index (χ3v) is 3.75. The Bertz CT molecular complexity index is 329. The van der Waals surface area contributed by atoms with Crippen LogP contribution in [0.3, 0.4) is 0 Å². The molecule has 1 heterocycles. The standard InChI is InChI=1S/C11H16BrNOS/c1-8(9-6-5-7-15-9)13(4)10(14)11(2,3)12/h5-8H,1-4H3. The van der Waals surface area contributed by atoms with Crippen LogP contribution in [0.2, 0.25) is 0 Å². The molecule has 0 saturated carbocycles. The van der Waals surface area contributed by atoms with Gasteiger partial charge in [0.25, 0.3) is 0 Å². The predicted molar refractivity (Wildman–Crippen MR) is 68.5 cm³/mol. The summed E-state index contributed by atoms with van der Waals surface area (Å²) in [4.78, 5) is 15.0. The minimum Gasteiger partial charge on any atom is -0.337 e. The predicted octanol–water partition coefficient (Wildman–Crippen LogP) is 3.44. The van der Waals surface area contributed by atoms with E-state index in [0.29, 0.717) is 0 Å². The molecule has 1 amide bonds. The van der Waals surface area contributed by atoms with E-state index in [1.54, 1.807) is 16.2 Å². The largest absolute Gasteiger partial charge is 0.337 e. The average molecular weight is 290 g/mol. The third-order valence-electron chi connectivity index (χ3n) is 2.36. The van der Waals surface area contributed by atoms with Gasteiger partial charge in [0.1, 0.15) is 0 Å². The van der Waals surface area contributed by atoms with Crippen molar-refractivity contribution in [3.8, 4) is 0 Å². The summed E-state index contributed by atoms with van der Waals surface area (Å²) in [5.41, 5.74) is 0. The van der Waals surface area contributed by atoms with Gasteiger partial charge in [0, 0.05) is 11.9 Å². The van der Waals surface area contributed by atoms with Crippen molar-refractivity contribution in [1.82, 2.24) is 4.90 Å². The van der Waals surface area contributed by atoms with Gasteiger partial charge in [-0.1, -0.05) is 22.0 Å². The van der Waals surface area contributed by atoms with Crippen LogP contribution in [0.5, 0.6) is 0 Å². The van der Waals surface area contributed by atoms with Crippen LogP contribution >= 0.6 is 27.3 Å². The topological polar surface area (TPSA) is 20.3 Å². The summed E-state index contributed by atoms with van der Waals surface area (Å²) in [6.45, 7) is 5.78. The van der Waals surface area contributed by atoms with E-state index >= 15 is 0 Å². The summed E-state index contributed by atoms with van der Waals surface area (Å²) >= 11 is 5.07. The number of alkyl halides is 1. The first-order valence-corrected chi connectivity index (χ1v) is 6.51. The molecule has 1 atom stereocenters. The lowest BCUT2D eigenvalue weighted by Crippen LogP contribution is -2.40. The lowest BCUT2D eigenvalue weighted by atomic mass is 10.1. The van der Waals surface area contributed by atoms with Crippen LogP contribution in [-0.4, -0.2) is 22.2 Å². The summed E-state index contributed by atoms with van der Waals surface area (Å²) in [6.07, 6.45) is 0. The van der Waals surface area contributed by atoms with Gasteiger partial charge < -0.3 is 4.90 Å². The number of nitrogens with zero attached hydrogens (tertiary/aromatic N) is 1. The molecule has 2 nitrogen and oxygen atoms in total. The fraction of sp³-hybridized carbons (Fsp3) is 0.545. The van der Waals surface area contributed by atoms with Gasteiger partial charge in [0.2, 0.25) is 5.91 Å². The van der Waals surface area contributed by atoms with Crippen molar-refractivity contribution in [3.05, 3.63) is 22.4 Å². The van der Waals surface area contributed by atoms with E-state index in [1.165, 1.54) is 4.88 Å². The number of carbonyl (C=O) groups is 1. The van der Waals surface area contributed by atoms with Crippen molar-refractivity contribution in [1.29, 1.82) is 0 Å². The molecule has 0 radical (unpaired) electrons. The van der Waals surface area contributed by atoms with Gasteiger partial charge in [-0.15, -0.1) is 11.3 Å². The molecule has 0 aromatic carbocycles. The normalized spacial score (nSPS) is 13.7. The highest BCUT2D eigenvalue weighted by atomic mass is 79.9. The zero-order valence-corrected chi connectivity index (χ0v) is 11.9. The second-order valence-electron chi connectivity index (χ2n) is 4.08. The number of halogens is 1.